The molecule has 1 fully saturated rings. The third-order valence-corrected chi connectivity index (χ3v) is 4.74. The van der Waals surface area contributed by atoms with Gasteiger partial charge < -0.3 is 19.9 Å². The molecule has 132 valence electrons. The Kier molecular flexibility index (Phi) is 7.55. The number of piperazine rings is 1. The maximum Gasteiger partial charge on any atom is 0.226 e. The molecule has 1 saturated heterocycles. The number of quaternary nitrogens is 1. The fourth-order valence-corrected chi connectivity index (χ4v) is 3.12. The number of thiocarbonyl (C=S) groups is 1. The summed E-state index contributed by atoms with van der Waals surface area (Å²) in [6.45, 7) is 4.23. The third-order valence-electron chi connectivity index (χ3n) is 3.85. The molecule has 2 N–H and O–H groups in total. The van der Waals surface area contributed by atoms with E-state index < -0.39 is 0 Å². The maximum absolute atomic E-state index is 12.0. The molecule has 0 aliphatic carbocycles. The largest absolute Gasteiger partial charge is 0.492 e. The highest BCUT2D eigenvalue weighted by Crippen LogP contribution is 2.27. The van der Waals surface area contributed by atoms with Crippen LogP contribution in [0.15, 0.2) is 18.2 Å². The van der Waals surface area contributed by atoms with E-state index in [1.165, 1.54) is 4.90 Å². The highest BCUT2D eigenvalue weighted by Gasteiger charge is 2.19. The number of carbonyl (C=O) groups excluding carboxylic acids is 1. The Hall–Kier alpha value is -1.08. The summed E-state index contributed by atoms with van der Waals surface area (Å²) in [5, 5.41) is 4.34. The predicted octanol–water partition coefficient (Wildman–Crippen LogP) is 1.38. The molecule has 0 spiro atoms. The number of halogens is 2. The number of benzene rings is 1. The number of amides is 1. The molecule has 1 aromatic rings. The Morgan fingerprint density at radius 3 is 2.75 bits per heavy atom. The van der Waals surface area contributed by atoms with Crippen LogP contribution in [0.2, 0.25) is 10.0 Å². The van der Waals surface area contributed by atoms with E-state index in [0.717, 1.165) is 26.2 Å². The minimum absolute atomic E-state index is 0.0860. The van der Waals surface area contributed by atoms with Gasteiger partial charge in [0, 0.05) is 11.4 Å². The van der Waals surface area contributed by atoms with Gasteiger partial charge in [-0.1, -0.05) is 23.2 Å². The zero-order chi connectivity index (χ0) is 17.5. The van der Waals surface area contributed by atoms with Crippen molar-refractivity contribution in [2.75, 3.05) is 39.8 Å². The molecule has 8 heteroatoms. The zero-order valence-electron chi connectivity index (χ0n) is 13.6. The van der Waals surface area contributed by atoms with Gasteiger partial charge in [-0.15, -0.1) is 0 Å². The van der Waals surface area contributed by atoms with E-state index >= 15 is 0 Å². The number of nitrogens with one attached hydrogen (secondary N) is 2. The Morgan fingerprint density at radius 2 is 2.08 bits per heavy atom. The van der Waals surface area contributed by atoms with Crippen molar-refractivity contribution in [2.24, 2.45) is 0 Å². The molecule has 0 saturated carbocycles. The maximum atomic E-state index is 12.0. The molecule has 0 aromatic heterocycles. The summed E-state index contributed by atoms with van der Waals surface area (Å²) in [5.74, 6) is 0.481. The van der Waals surface area contributed by atoms with E-state index in [1.807, 2.05) is 4.90 Å². The Balaban J connectivity index is 1.65. The summed E-state index contributed by atoms with van der Waals surface area (Å²) < 4.78 is 5.56. The van der Waals surface area contributed by atoms with Crippen LogP contribution in [0.3, 0.4) is 0 Å². The second kappa shape index (κ2) is 9.42. The van der Waals surface area contributed by atoms with Crippen LogP contribution in [0.4, 0.5) is 0 Å². The van der Waals surface area contributed by atoms with E-state index in [4.69, 9.17) is 40.2 Å². The van der Waals surface area contributed by atoms with Gasteiger partial charge >= 0.3 is 0 Å². The summed E-state index contributed by atoms with van der Waals surface area (Å²) in [6, 6.07) is 5.06. The minimum atomic E-state index is -0.0860. The van der Waals surface area contributed by atoms with Crippen LogP contribution in [-0.2, 0) is 4.79 Å². The van der Waals surface area contributed by atoms with Crippen molar-refractivity contribution in [3.63, 3.8) is 0 Å². The Morgan fingerprint density at radius 1 is 1.38 bits per heavy atom. The Labute approximate surface area is 157 Å². The standard InChI is InChI=1S/C16H21Cl2N3O2S/c1-20-6-8-21(9-7-20)16(24)19-15(22)3-2-10-23-14-5-4-12(17)11-13(14)18/h4-5,11H,2-3,6-10H2,1H3,(H,19,22,24)/p+1. The molecule has 1 amide bonds. The van der Waals surface area contributed by atoms with Gasteiger partial charge in [-0.05, 0) is 36.8 Å². The van der Waals surface area contributed by atoms with Crippen molar-refractivity contribution in [1.29, 1.82) is 0 Å². The van der Waals surface area contributed by atoms with E-state index in [-0.39, 0.29) is 5.91 Å². The fourth-order valence-electron chi connectivity index (χ4n) is 2.36. The van der Waals surface area contributed by atoms with Crippen molar-refractivity contribution < 1.29 is 14.4 Å². The third kappa shape index (κ3) is 6.09. The second-order valence-electron chi connectivity index (χ2n) is 5.82. The molecule has 0 radical (unpaired) electrons. The van der Waals surface area contributed by atoms with Gasteiger partial charge in [0.25, 0.3) is 0 Å². The van der Waals surface area contributed by atoms with Crippen LogP contribution in [0, 0.1) is 0 Å². The van der Waals surface area contributed by atoms with Gasteiger partial charge in [0.15, 0.2) is 5.11 Å². The fraction of sp³-hybridized carbons (Fsp3) is 0.500. The topological polar surface area (TPSA) is 46.0 Å². The van der Waals surface area contributed by atoms with Crippen LogP contribution in [0.5, 0.6) is 5.75 Å². The Bertz CT molecular complexity index is 593. The van der Waals surface area contributed by atoms with Crippen molar-refractivity contribution in [1.82, 2.24) is 10.2 Å². The van der Waals surface area contributed by atoms with Crippen LogP contribution < -0.4 is 15.0 Å². The molecule has 0 atom stereocenters. The average molecular weight is 391 g/mol. The SMILES string of the molecule is C[NH+]1CCN(C(=S)NC(=O)CCCOc2ccc(Cl)cc2Cl)CC1. The van der Waals surface area contributed by atoms with Gasteiger partial charge in [-0.2, -0.15) is 0 Å². The molecule has 2 rings (SSSR count). The number of hydrogen-bond acceptors (Lipinski definition) is 3. The summed E-state index contributed by atoms with van der Waals surface area (Å²) >= 11 is 17.1. The summed E-state index contributed by atoms with van der Waals surface area (Å²) in [6.07, 6.45) is 0.935. The van der Waals surface area contributed by atoms with E-state index in [0.29, 0.717) is 40.4 Å². The number of hydrogen-bond donors (Lipinski definition) is 2. The van der Waals surface area contributed by atoms with Crippen LogP contribution in [0.25, 0.3) is 0 Å². The molecule has 1 heterocycles. The second-order valence-corrected chi connectivity index (χ2v) is 7.05. The predicted molar refractivity (Wildman–Crippen MR) is 100 cm³/mol. The molecule has 0 bridgehead atoms. The van der Waals surface area contributed by atoms with Crippen molar-refractivity contribution in [2.45, 2.75) is 12.8 Å². The van der Waals surface area contributed by atoms with E-state index in [9.17, 15) is 4.79 Å². The normalized spacial score (nSPS) is 15.2. The quantitative estimate of drug-likeness (QED) is 0.588. The molecular weight excluding hydrogens is 369 g/mol. The van der Waals surface area contributed by atoms with Crippen molar-refractivity contribution >= 4 is 46.4 Å². The summed E-state index contributed by atoms with van der Waals surface area (Å²) in [4.78, 5) is 15.5. The first-order chi connectivity index (χ1) is 11.5. The number of ether oxygens (including phenoxy) is 1. The van der Waals surface area contributed by atoms with Gasteiger partial charge in [0.05, 0.1) is 44.9 Å². The lowest BCUT2D eigenvalue weighted by atomic mass is 10.3. The summed E-state index contributed by atoms with van der Waals surface area (Å²) in [5.41, 5.74) is 0. The molecule has 0 unspecified atom stereocenters. The smallest absolute Gasteiger partial charge is 0.226 e. The molecule has 1 aromatic carbocycles. The highest BCUT2D eigenvalue weighted by atomic mass is 35.5. The number of carbonyl (C=O) groups is 1. The summed E-state index contributed by atoms with van der Waals surface area (Å²) in [7, 11) is 2.16. The van der Waals surface area contributed by atoms with E-state index in [2.05, 4.69) is 12.4 Å². The average Bonchev–Trinajstić information content (AvgIpc) is 2.53. The molecule has 5 nitrogen and oxygen atoms in total. The zero-order valence-corrected chi connectivity index (χ0v) is 15.9. The van der Waals surface area contributed by atoms with Crippen LogP contribution in [0.1, 0.15) is 12.8 Å². The molecule has 1 aliphatic rings. The van der Waals surface area contributed by atoms with Gasteiger partial charge in [0.2, 0.25) is 5.91 Å². The van der Waals surface area contributed by atoms with Crippen LogP contribution in [-0.4, -0.2) is 55.8 Å². The van der Waals surface area contributed by atoms with Gasteiger partial charge in [-0.3, -0.25) is 4.79 Å². The van der Waals surface area contributed by atoms with E-state index in [1.54, 1.807) is 18.2 Å². The molecule has 24 heavy (non-hydrogen) atoms. The lowest BCUT2D eigenvalue weighted by Crippen LogP contribution is -3.12. The van der Waals surface area contributed by atoms with Gasteiger partial charge in [-0.25, -0.2) is 0 Å². The molecular formula is C16H22Cl2N3O2S+. The first-order valence-corrected chi connectivity index (χ1v) is 9.10. The number of likely N-dealkylation sites (N-methyl/N-ethyl adjacent to an activating group) is 1. The monoisotopic (exact) mass is 390 g/mol. The highest BCUT2D eigenvalue weighted by molar-refractivity contribution is 7.80. The van der Waals surface area contributed by atoms with Gasteiger partial charge in [0.1, 0.15) is 5.75 Å². The first-order valence-electron chi connectivity index (χ1n) is 7.93. The lowest BCUT2D eigenvalue weighted by molar-refractivity contribution is -0.883. The van der Waals surface area contributed by atoms with Crippen LogP contribution >= 0.6 is 35.4 Å². The molecule has 1 aliphatic heterocycles. The van der Waals surface area contributed by atoms with Crippen molar-refractivity contribution in [3.05, 3.63) is 28.2 Å². The first kappa shape index (κ1) is 19.2. The number of rotatable bonds is 5. The minimum Gasteiger partial charge on any atom is -0.492 e. The lowest BCUT2D eigenvalue weighted by Gasteiger charge is -2.31. The number of nitrogens with zero attached hydrogens (tertiary/aromatic N) is 1. The van der Waals surface area contributed by atoms with Crippen molar-refractivity contribution in [3.8, 4) is 5.75 Å².